The highest BCUT2D eigenvalue weighted by molar-refractivity contribution is 5.75. The number of hydrogen-bond acceptors (Lipinski definition) is 4. The van der Waals surface area contributed by atoms with E-state index in [9.17, 15) is 9.90 Å². The second-order valence-corrected chi connectivity index (χ2v) is 4.20. The Morgan fingerprint density at radius 1 is 1.50 bits per heavy atom. The molecule has 18 heavy (non-hydrogen) atoms. The maximum absolute atomic E-state index is 10.7. The number of allylic oxidation sites excluding steroid dienone is 1. The molecule has 0 amide bonds. The largest absolute Gasteiger partial charge is 0.508 e. The van der Waals surface area contributed by atoms with Gasteiger partial charge in [-0.3, -0.25) is 4.79 Å². The Morgan fingerprint density at radius 2 is 2.28 bits per heavy atom. The summed E-state index contributed by atoms with van der Waals surface area (Å²) in [7, 11) is 0. The molecule has 4 N–H and O–H groups in total. The van der Waals surface area contributed by atoms with Crippen molar-refractivity contribution < 1.29 is 19.7 Å². The highest BCUT2D eigenvalue weighted by atomic mass is 16.5. The van der Waals surface area contributed by atoms with Gasteiger partial charge in [-0.1, -0.05) is 0 Å². The summed E-state index contributed by atoms with van der Waals surface area (Å²) in [6.45, 7) is 0.425. The smallest absolute Gasteiger partial charge is 0.320 e. The highest BCUT2D eigenvalue weighted by Gasteiger charge is 2.17. The first kappa shape index (κ1) is 12.4. The summed E-state index contributed by atoms with van der Waals surface area (Å²) in [6.07, 6.45) is 2.87. The van der Waals surface area contributed by atoms with Gasteiger partial charge in [-0.05, 0) is 36.6 Å². The molecule has 0 bridgehead atoms. The maximum atomic E-state index is 10.7. The van der Waals surface area contributed by atoms with Gasteiger partial charge in [0.1, 0.15) is 24.1 Å². The van der Waals surface area contributed by atoms with Gasteiger partial charge in [-0.15, -0.1) is 0 Å². The van der Waals surface area contributed by atoms with E-state index in [1.165, 1.54) is 0 Å². The first-order valence-corrected chi connectivity index (χ1v) is 5.71. The van der Waals surface area contributed by atoms with Crippen LogP contribution in [0.1, 0.15) is 18.4 Å². The summed E-state index contributed by atoms with van der Waals surface area (Å²) in [5, 5.41) is 18.1. The third-order valence-corrected chi connectivity index (χ3v) is 2.92. The van der Waals surface area contributed by atoms with E-state index in [0.29, 0.717) is 25.2 Å². The molecule has 0 aliphatic carbocycles. The number of carboxylic acids is 1. The topological polar surface area (TPSA) is 92.8 Å². The van der Waals surface area contributed by atoms with Crippen LogP contribution in [0.15, 0.2) is 24.3 Å². The van der Waals surface area contributed by atoms with Crippen LogP contribution in [0.2, 0.25) is 0 Å². The molecule has 1 unspecified atom stereocenters. The van der Waals surface area contributed by atoms with E-state index in [1.807, 2.05) is 6.08 Å². The van der Waals surface area contributed by atoms with Crippen LogP contribution in [0.25, 0.3) is 5.57 Å². The monoisotopic (exact) mass is 249 g/mol. The molecule has 1 heterocycles. The zero-order valence-corrected chi connectivity index (χ0v) is 9.80. The van der Waals surface area contributed by atoms with Crippen LogP contribution >= 0.6 is 0 Å². The SMILES string of the molecule is NC(CCC1=CCOc2cc(O)ccc21)C(=O)O. The summed E-state index contributed by atoms with van der Waals surface area (Å²) in [6, 6.07) is 4.05. The van der Waals surface area contributed by atoms with Gasteiger partial charge in [-0.25, -0.2) is 0 Å². The highest BCUT2D eigenvalue weighted by Crippen LogP contribution is 2.34. The predicted molar refractivity (Wildman–Crippen MR) is 66.4 cm³/mol. The van der Waals surface area contributed by atoms with Crippen molar-refractivity contribution in [3.05, 3.63) is 29.8 Å². The van der Waals surface area contributed by atoms with E-state index in [2.05, 4.69) is 0 Å². The molecule has 5 nitrogen and oxygen atoms in total. The fourth-order valence-corrected chi connectivity index (χ4v) is 1.91. The van der Waals surface area contributed by atoms with E-state index in [-0.39, 0.29) is 5.75 Å². The number of aliphatic carboxylic acids is 1. The number of aromatic hydroxyl groups is 1. The van der Waals surface area contributed by atoms with E-state index >= 15 is 0 Å². The molecule has 5 heteroatoms. The average molecular weight is 249 g/mol. The van der Waals surface area contributed by atoms with Crippen molar-refractivity contribution in [1.29, 1.82) is 0 Å². The number of fused-ring (bicyclic) bond motifs is 1. The van der Waals surface area contributed by atoms with Gasteiger partial charge in [0.15, 0.2) is 0 Å². The van der Waals surface area contributed by atoms with Crippen molar-refractivity contribution in [2.75, 3.05) is 6.61 Å². The van der Waals surface area contributed by atoms with Crippen LogP contribution in [-0.2, 0) is 4.79 Å². The molecule has 0 saturated carbocycles. The third-order valence-electron chi connectivity index (χ3n) is 2.92. The molecule has 96 valence electrons. The molecule has 0 fully saturated rings. The molecule has 0 saturated heterocycles. The summed E-state index contributed by atoms with van der Waals surface area (Å²) < 4.78 is 5.40. The lowest BCUT2D eigenvalue weighted by molar-refractivity contribution is -0.138. The molecule has 1 aliphatic heterocycles. The van der Waals surface area contributed by atoms with Gasteiger partial charge in [-0.2, -0.15) is 0 Å². The number of ether oxygens (including phenoxy) is 1. The fourth-order valence-electron chi connectivity index (χ4n) is 1.91. The third kappa shape index (κ3) is 2.62. The van der Waals surface area contributed by atoms with Crippen LogP contribution in [0.3, 0.4) is 0 Å². The first-order valence-electron chi connectivity index (χ1n) is 5.71. The fraction of sp³-hybridized carbons (Fsp3) is 0.308. The first-order chi connectivity index (χ1) is 8.58. The van der Waals surface area contributed by atoms with Crippen molar-refractivity contribution >= 4 is 11.5 Å². The molecule has 0 radical (unpaired) electrons. The number of phenolic OH excluding ortho intramolecular Hbond substituents is 1. The van der Waals surface area contributed by atoms with Crippen molar-refractivity contribution in [2.45, 2.75) is 18.9 Å². The quantitative estimate of drug-likeness (QED) is 0.749. The Labute approximate surface area is 104 Å². The predicted octanol–water partition coefficient (Wildman–Crippen LogP) is 1.36. The zero-order valence-electron chi connectivity index (χ0n) is 9.80. The maximum Gasteiger partial charge on any atom is 0.320 e. The number of carboxylic acid groups (broad SMARTS) is 1. The van der Waals surface area contributed by atoms with Gasteiger partial charge in [0, 0.05) is 11.6 Å². The zero-order chi connectivity index (χ0) is 13.1. The Morgan fingerprint density at radius 3 is 3.00 bits per heavy atom. The minimum absolute atomic E-state index is 0.150. The van der Waals surface area contributed by atoms with Crippen LogP contribution in [0, 0.1) is 0 Å². The number of carbonyl (C=O) groups is 1. The lowest BCUT2D eigenvalue weighted by Crippen LogP contribution is -2.29. The van der Waals surface area contributed by atoms with Crippen LogP contribution < -0.4 is 10.5 Å². The van der Waals surface area contributed by atoms with Crippen molar-refractivity contribution in [3.8, 4) is 11.5 Å². The molecule has 1 aromatic rings. The number of rotatable bonds is 4. The normalized spacial score (nSPS) is 15.3. The van der Waals surface area contributed by atoms with Crippen LogP contribution in [0.4, 0.5) is 0 Å². The number of benzene rings is 1. The Balaban J connectivity index is 2.11. The molecular weight excluding hydrogens is 234 g/mol. The Kier molecular flexibility index (Phi) is 3.53. The average Bonchev–Trinajstić information content (AvgIpc) is 2.35. The molecular formula is C13H15NO4. The summed E-state index contributed by atoms with van der Waals surface area (Å²) in [5.41, 5.74) is 7.37. The van der Waals surface area contributed by atoms with Crippen molar-refractivity contribution in [2.24, 2.45) is 5.73 Å². The van der Waals surface area contributed by atoms with Gasteiger partial charge in [0.2, 0.25) is 0 Å². The van der Waals surface area contributed by atoms with Gasteiger partial charge in [0.25, 0.3) is 0 Å². The summed E-state index contributed by atoms with van der Waals surface area (Å²) >= 11 is 0. The molecule has 1 aliphatic rings. The number of phenols is 1. The summed E-state index contributed by atoms with van der Waals surface area (Å²) in [5.74, 6) is -0.220. The van der Waals surface area contributed by atoms with Gasteiger partial charge >= 0.3 is 5.97 Å². The van der Waals surface area contributed by atoms with E-state index in [4.69, 9.17) is 15.6 Å². The van der Waals surface area contributed by atoms with Crippen molar-refractivity contribution in [3.63, 3.8) is 0 Å². The van der Waals surface area contributed by atoms with Crippen LogP contribution in [-0.4, -0.2) is 28.8 Å². The number of nitrogens with two attached hydrogens (primary N) is 1. The minimum atomic E-state index is -0.992. The standard InChI is InChI=1S/C13H15NO4/c14-11(13(16)17)4-1-8-5-6-18-12-7-9(15)2-3-10(8)12/h2-3,5,7,11,15H,1,4,6,14H2,(H,16,17). The van der Waals surface area contributed by atoms with E-state index < -0.39 is 12.0 Å². The molecule has 0 spiro atoms. The van der Waals surface area contributed by atoms with E-state index in [0.717, 1.165) is 11.1 Å². The van der Waals surface area contributed by atoms with Crippen LogP contribution in [0.5, 0.6) is 11.5 Å². The molecule has 2 rings (SSSR count). The molecule has 1 atom stereocenters. The second-order valence-electron chi connectivity index (χ2n) is 4.20. The van der Waals surface area contributed by atoms with Gasteiger partial charge in [0.05, 0.1) is 0 Å². The lowest BCUT2D eigenvalue weighted by atomic mass is 9.96. The lowest BCUT2D eigenvalue weighted by Gasteiger charge is -2.19. The molecule has 0 aromatic heterocycles. The Hall–Kier alpha value is -2.01. The van der Waals surface area contributed by atoms with E-state index in [1.54, 1.807) is 18.2 Å². The van der Waals surface area contributed by atoms with Gasteiger partial charge < -0.3 is 20.7 Å². The number of hydrogen-bond donors (Lipinski definition) is 3. The Bertz CT molecular complexity index is 496. The minimum Gasteiger partial charge on any atom is -0.508 e. The molecule has 1 aromatic carbocycles. The second kappa shape index (κ2) is 5.10. The van der Waals surface area contributed by atoms with Crippen molar-refractivity contribution in [1.82, 2.24) is 0 Å². The summed E-state index contributed by atoms with van der Waals surface area (Å²) in [4.78, 5) is 10.7.